The maximum absolute atomic E-state index is 12.2. The molecule has 0 unspecified atom stereocenters. The Balaban J connectivity index is 1.94. The van der Waals surface area contributed by atoms with Crippen LogP contribution in [0.15, 0.2) is 35.5 Å². The predicted octanol–water partition coefficient (Wildman–Crippen LogP) is 2.80. The summed E-state index contributed by atoms with van der Waals surface area (Å²) in [6.07, 6.45) is 3.18. The van der Waals surface area contributed by atoms with Gasteiger partial charge in [-0.3, -0.25) is 0 Å². The Morgan fingerprint density at radius 2 is 2.12 bits per heavy atom. The lowest BCUT2D eigenvalue weighted by molar-refractivity contribution is -0.154. The molecule has 0 amide bonds. The van der Waals surface area contributed by atoms with Gasteiger partial charge in [-0.05, 0) is 31.4 Å². The number of pyridine rings is 1. The summed E-state index contributed by atoms with van der Waals surface area (Å²) in [6.45, 7) is 1.66. The van der Waals surface area contributed by atoms with E-state index >= 15 is 0 Å². The van der Waals surface area contributed by atoms with E-state index in [0.717, 1.165) is 24.9 Å². The van der Waals surface area contributed by atoms with E-state index in [4.69, 9.17) is 0 Å². The van der Waals surface area contributed by atoms with Gasteiger partial charge in [0.25, 0.3) is 0 Å². The number of guanidine groups is 1. The van der Waals surface area contributed by atoms with Crippen LogP contribution in [0.5, 0.6) is 5.88 Å². The van der Waals surface area contributed by atoms with Crippen LogP contribution in [0, 0.1) is 0 Å². The number of hydrogen-bond acceptors (Lipinski definition) is 3. The van der Waals surface area contributed by atoms with Gasteiger partial charge >= 0.3 is 6.18 Å². The highest BCUT2D eigenvalue weighted by atomic mass is 19.4. The Bertz CT molecular complexity index is 579. The Labute approximate surface area is 139 Å². The summed E-state index contributed by atoms with van der Waals surface area (Å²) in [5.41, 5.74) is 0.726. The van der Waals surface area contributed by atoms with E-state index < -0.39 is 12.8 Å². The zero-order chi connectivity index (χ0) is 17.4. The molecule has 0 atom stereocenters. The van der Waals surface area contributed by atoms with Gasteiger partial charge in [0.05, 0.1) is 6.54 Å². The highest BCUT2D eigenvalue weighted by Crippen LogP contribution is 2.17. The summed E-state index contributed by atoms with van der Waals surface area (Å²) < 4.78 is 41.2. The van der Waals surface area contributed by atoms with E-state index in [1.807, 2.05) is 6.92 Å². The minimum absolute atomic E-state index is 0.0574. The summed E-state index contributed by atoms with van der Waals surface area (Å²) in [5, 5.41) is 6.48. The first-order valence-corrected chi connectivity index (χ1v) is 7.80. The van der Waals surface area contributed by atoms with Gasteiger partial charge in [0.15, 0.2) is 12.6 Å². The molecule has 2 N–H and O–H groups in total. The molecule has 132 valence electrons. The molecular formula is C16H21F3N4O. The number of rotatable bonds is 6. The standard InChI is InChI=1S/C16H21F3N4O/c1-2-20-15(23-13-5-3-4-6-13)22-10-12-7-8-21-14(9-12)24-11-16(17,18)19/h3-4,7-9,13H,2,5-6,10-11H2,1H3,(H2,20,22,23). The van der Waals surface area contributed by atoms with Gasteiger partial charge in [-0.2, -0.15) is 13.2 Å². The summed E-state index contributed by atoms with van der Waals surface area (Å²) in [6, 6.07) is 3.49. The molecule has 0 fully saturated rings. The van der Waals surface area contributed by atoms with Crippen LogP contribution in [0.3, 0.4) is 0 Å². The number of hydrogen-bond donors (Lipinski definition) is 2. The topological polar surface area (TPSA) is 58.5 Å². The third-order valence-corrected chi connectivity index (χ3v) is 3.30. The van der Waals surface area contributed by atoms with Crippen molar-refractivity contribution in [3.05, 3.63) is 36.0 Å². The zero-order valence-electron chi connectivity index (χ0n) is 13.4. The van der Waals surface area contributed by atoms with Crippen molar-refractivity contribution in [1.29, 1.82) is 0 Å². The van der Waals surface area contributed by atoms with E-state index in [0.29, 0.717) is 18.5 Å². The van der Waals surface area contributed by atoms with Crippen LogP contribution in [-0.2, 0) is 6.54 Å². The number of ether oxygens (including phenoxy) is 1. The predicted molar refractivity (Wildman–Crippen MR) is 85.9 cm³/mol. The van der Waals surface area contributed by atoms with Crippen molar-refractivity contribution in [2.45, 2.75) is 38.5 Å². The molecule has 1 aromatic heterocycles. The molecule has 24 heavy (non-hydrogen) atoms. The normalized spacial score (nSPS) is 15.6. The van der Waals surface area contributed by atoms with E-state index in [-0.39, 0.29) is 5.88 Å². The number of alkyl halides is 3. The molecule has 2 rings (SSSR count). The second-order valence-corrected chi connectivity index (χ2v) is 5.39. The van der Waals surface area contributed by atoms with E-state index in [9.17, 15) is 13.2 Å². The number of aliphatic imine (C=N–C) groups is 1. The zero-order valence-corrected chi connectivity index (χ0v) is 13.4. The summed E-state index contributed by atoms with van der Waals surface area (Å²) in [4.78, 5) is 8.24. The summed E-state index contributed by atoms with van der Waals surface area (Å²) in [5.74, 6) is 0.624. The third kappa shape index (κ3) is 6.47. The van der Waals surface area contributed by atoms with Gasteiger partial charge in [0.2, 0.25) is 5.88 Å². The Morgan fingerprint density at radius 3 is 2.79 bits per heavy atom. The second-order valence-electron chi connectivity index (χ2n) is 5.39. The average Bonchev–Trinajstić information content (AvgIpc) is 3.04. The molecule has 0 spiro atoms. The molecule has 0 aromatic carbocycles. The average molecular weight is 342 g/mol. The van der Waals surface area contributed by atoms with Crippen LogP contribution in [0.4, 0.5) is 13.2 Å². The number of aromatic nitrogens is 1. The van der Waals surface area contributed by atoms with Crippen molar-refractivity contribution in [2.24, 2.45) is 4.99 Å². The SMILES string of the molecule is CCNC(=NCc1ccnc(OCC(F)(F)F)c1)NC1CC=CC1. The first-order chi connectivity index (χ1) is 11.5. The van der Waals surface area contributed by atoms with Crippen molar-refractivity contribution in [3.63, 3.8) is 0 Å². The Hall–Kier alpha value is -2.25. The Kier molecular flexibility index (Phi) is 6.45. The smallest absolute Gasteiger partial charge is 0.422 e. The highest BCUT2D eigenvalue weighted by molar-refractivity contribution is 5.80. The fourth-order valence-electron chi connectivity index (χ4n) is 2.20. The highest BCUT2D eigenvalue weighted by Gasteiger charge is 2.28. The lowest BCUT2D eigenvalue weighted by Crippen LogP contribution is -2.42. The largest absolute Gasteiger partial charge is 0.468 e. The van der Waals surface area contributed by atoms with Gasteiger partial charge in [-0.1, -0.05) is 12.2 Å². The summed E-state index contributed by atoms with van der Waals surface area (Å²) in [7, 11) is 0. The molecule has 0 aliphatic heterocycles. The van der Waals surface area contributed by atoms with Crippen molar-refractivity contribution < 1.29 is 17.9 Å². The first kappa shape index (κ1) is 18.1. The molecule has 0 bridgehead atoms. The number of nitrogens with zero attached hydrogens (tertiary/aromatic N) is 2. The van der Waals surface area contributed by atoms with Gasteiger partial charge in [-0.15, -0.1) is 0 Å². The molecule has 1 heterocycles. The minimum atomic E-state index is -4.38. The molecule has 1 aromatic rings. The van der Waals surface area contributed by atoms with Crippen molar-refractivity contribution in [1.82, 2.24) is 15.6 Å². The molecule has 0 radical (unpaired) electrons. The quantitative estimate of drug-likeness (QED) is 0.474. The first-order valence-electron chi connectivity index (χ1n) is 7.80. The van der Waals surface area contributed by atoms with Crippen molar-refractivity contribution >= 4 is 5.96 Å². The van der Waals surface area contributed by atoms with E-state index in [2.05, 4.69) is 37.5 Å². The maximum atomic E-state index is 12.2. The fourth-order valence-corrected chi connectivity index (χ4v) is 2.20. The van der Waals surface area contributed by atoms with Crippen molar-refractivity contribution in [3.8, 4) is 5.88 Å². The molecule has 1 aliphatic rings. The monoisotopic (exact) mass is 342 g/mol. The van der Waals surface area contributed by atoms with Crippen LogP contribution in [0.25, 0.3) is 0 Å². The van der Waals surface area contributed by atoms with Crippen molar-refractivity contribution in [2.75, 3.05) is 13.2 Å². The second kappa shape index (κ2) is 8.56. The van der Waals surface area contributed by atoms with Gasteiger partial charge < -0.3 is 15.4 Å². The Morgan fingerprint density at radius 1 is 1.38 bits per heavy atom. The summed E-state index contributed by atoms with van der Waals surface area (Å²) >= 11 is 0. The fraction of sp³-hybridized carbons (Fsp3) is 0.500. The molecular weight excluding hydrogens is 321 g/mol. The lowest BCUT2D eigenvalue weighted by Gasteiger charge is -2.16. The third-order valence-electron chi connectivity index (χ3n) is 3.30. The molecule has 0 saturated carbocycles. The van der Waals surface area contributed by atoms with Gasteiger partial charge in [-0.25, -0.2) is 9.98 Å². The maximum Gasteiger partial charge on any atom is 0.422 e. The van der Waals surface area contributed by atoms with E-state index in [1.165, 1.54) is 12.3 Å². The van der Waals surface area contributed by atoms with Crippen LogP contribution in [0.2, 0.25) is 0 Å². The van der Waals surface area contributed by atoms with Gasteiger partial charge in [0.1, 0.15) is 0 Å². The number of halogens is 3. The minimum Gasteiger partial charge on any atom is -0.468 e. The number of nitrogens with one attached hydrogen (secondary N) is 2. The molecule has 0 saturated heterocycles. The molecule has 5 nitrogen and oxygen atoms in total. The lowest BCUT2D eigenvalue weighted by atomic mass is 10.2. The molecule has 1 aliphatic carbocycles. The van der Waals surface area contributed by atoms with Crippen LogP contribution in [0.1, 0.15) is 25.3 Å². The van der Waals surface area contributed by atoms with Crippen LogP contribution < -0.4 is 15.4 Å². The van der Waals surface area contributed by atoms with E-state index in [1.54, 1.807) is 6.07 Å². The molecule has 8 heteroatoms. The van der Waals surface area contributed by atoms with Gasteiger partial charge in [0, 0.05) is 24.8 Å². The van der Waals surface area contributed by atoms with Crippen LogP contribution in [-0.4, -0.2) is 36.3 Å². The van der Waals surface area contributed by atoms with Crippen LogP contribution >= 0.6 is 0 Å².